The van der Waals surface area contributed by atoms with Gasteiger partial charge in [0.25, 0.3) is 5.91 Å². The van der Waals surface area contributed by atoms with Crippen molar-refractivity contribution >= 4 is 48.3 Å². The number of sulfone groups is 1. The summed E-state index contributed by atoms with van der Waals surface area (Å²) in [5.41, 5.74) is 0.946. The molecule has 3 aromatic rings. The first kappa shape index (κ1) is 25.5. The number of rotatable bonds is 9. The van der Waals surface area contributed by atoms with Gasteiger partial charge < -0.3 is 19.0 Å². The third-order valence-corrected chi connectivity index (χ3v) is 8.94. The fraction of sp³-hybridized carbons (Fsp3) is 0.417. The summed E-state index contributed by atoms with van der Waals surface area (Å²) in [6.07, 6.45) is 0.985. The molecule has 11 nitrogen and oxygen atoms in total. The molecule has 0 spiro atoms. The van der Waals surface area contributed by atoms with Crippen LogP contribution in [0, 0.1) is 0 Å². The largest absolute Gasteiger partial charge is 0.481 e. The van der Waals surface area contributed by atoms with Gasteiger partial charge in [0, 0.05) is 11.6 Å². The summed E-state index contributed by atoms with van der Waals surface area (Å²) in [7, 11) is -1.85. The lowest BCUT2D eigenvalue weighted by Crippen LogP contribution is -2.26. The molecule has 0 radical (unpaired) electrons. The zero-order valence-corrected chi connectivity index (χ0v) is 22.1. The third kappa shape index (κ3) is 5.74. The van der Waals surface area contributed by atoms with Crippen LogP contribution in [-0.2, 0) is 28.9 Å². The summed E-state index contributed by atoms with van der Waals surface area (Å²) < 4.78 is 41.5. The number of oxime groups is 1. The molecule has 37 heavy (non-hydrogen) atoms. The van der Waals surface area contributed by atoms with Crippen LogP contribution in [0.3, 0.4) is 0 Å². The molecular formula is C24H26N4O7S2. The van der Waals surface area contributed by atoms with E-state index in [9.17, 15) is 13.2 Å². The van der Waals surface area contributed by atoms with E-state index >= 15 is 0 Å². The van der Waals surface area contributed by atoms with E-state index in [1.54, 1.807) is 38.1 Å². The number of ether oxygens (including phenoxy) is 3. The molecule has 1 aliphatic carbocycles. The van der Waals surface area contributed by atoms with Gasteiger partial charge in [0.1, 0.15) is 23.1 Å². The highest BCUT2D eigenvalue weighted by Gasteiger charge is 2.37. The normalized spacial score (nSPS) is 19.6. The zero-order chi connectivity index (χ0) is 26.2. The second-order valence-electron chi connectivity index (χ2n) is 9.11. The molecule has 0 unspecified atom stereocenters. The van der Waals surface area contributed by atoms with Gasteiger partial charge in [0.05, 0.1) is 23.9 Å². The van der Waals surface area contributed by atoms with E-state index in [-0.39, 0.29) is 28.6 Å². The number of fused-ring (bicyclic) bond motifs is 1. The highest BCUT2D eigenvalue weighted by molar-refractivity contribution is 7.92. The number of hydrogen-bond donors (Lipinski definition) is 1. The quantitative estimate of drug-likeness (QED) is 0.317. The molecule has 1 aliphatic heterocycles. The smallest absolute Gasteiger partial charge is 0.280 e. The van der Waals surface area contributed by atoms with Gasteiger partial charge in [-0.2, -0.15) is 0 Å². The molecule has 2 aromatic heterocycles. The SMILES string of the molecule is COc1ccc2nc(NC(=O)/C(=N/OC[C@@H]3COC(C)(C)O3)c3ccc(S(=O)(=O)C4CC4)cc3)sc2n1. The molecular weight excluding hydrogens is 520 g/mol. The molecule has 3 heterocycles. The van der Waals surface area contributed by atoms with Crippen LogP contribution in [0.4, 0.5) is 5.13 Å². The van der Waals surface area contributed by atoms with Crippen molar-refractivity contribution < 1.29 is 32.3 Å². The van der Waals surface area contributed by atoms with Crippen LogP contribution in [0.2, 0.25) is 0 Å². The Balaban J connectivity index is 1.37. The van der Waals surface area contributed by atoms with E-state index in [0.29, 0.717) is 46.4 Å². The van der Waals surface area contributed by atoms with Crippen LogP contribution in [0.15, 0.2) is 46.4 Å². The number of methoxy groups -OCH3 is 1. The van der Waals surface area contributed by atoms with Gasteiger partial charge in [-0.25, -0.2) is 18.4 Å². The first-order valence-corrected chi connectivity index (χ1v) is 14.0. The first-order valence-electron chi connectivity index (χ1n) is 11.6. The fourth-order valence-corrected chi connectivity index (χ4v) is 6.23. The van der Waals surface area contributed by atoms with Crippen molar-refractivity contribution in [3.63, 3.8) is 0 Å². The second kappa shape index (κ2) is 9.97. The van der Waals surface area contributed by atoms with E-state index in [1.165, 1.54) is 30.6 Å². The van der Waals surface area contributed by atoms with E-state index in [4.69, 9.17) is 19.0 Å². The second-order valence-corrected chi connectivity index (χ2v) is 12.3. The Kier molecular flexibility index (Phi) is 6.88. The maximum absolute atomic E-state index is 13.3. The van der Waals surface area contributed by atoms with Crippen LogP contribution < -0.4 is 10.1 Å². The number of amides is 1. The number of anilines is 1. The third-order valence-electron chi connectivity index (χ3n) is 5.78. The predicted molar refractivity (Wildman–Crippen MR) is 137 cm³/mol. The minimum atomic E-state index is -3.36. The number of benzene rings is 1. The van der Waals surface area contributed by atoms with Crippen LogP contribution in [0.25, 0.3) is 10.3 Å². The van der Waals surface area contributed by atoms with E-state index in [0.717, 1.165) is 0 Å². The minimum Gasteiger partial charge on any atom is -0.481 e. The van der Waals surface area contributed by atoms with Gasteiger partial charge in [0.15, 0.2) is 26.5 Å². The van der Waals surface area contributed by atoms with Crippen LogP contribution in [0.1, 0.15) is 32.3 Å². The number of nitrogens with zero attached hydrogens (tertiary/aromatic N) is 3. The van der Waals surface area contributed by atoms with E-state index < -0.39 is 21.5 Å². The van der Waals surface area contributed by atoms with Gasteiger partial charge in [-0.3, -0.25) is 10.1 Å². The maximum Gasteiger partial charge on any atom is 0.280 e. The number of thiazole rings is 1. The molecule has 2 aliphatic rings. The molecule has 2 fully saturated rings. The number of pyridine rings is 1. The summed E-state index contributed by atoms with van der Waals surface area (Å²) in [5.74, 6) is -0.857. The van der Waals surface area contributed by atoms with Crippen molar-refractivity contribution in [3.05, 3.63) is 42.0 Å². The summed E-state index contributed by atoms with van der Waals surface area (Å²) in [4.78, 5) is 28.3. The maximum atomic E-state index is 13.3. The first-order chi connectivity index (χ1) is 17.6. The monoisotopic (exact) mass is 546 g/mol. The molecule has 0 bridgehead atoms. The number of nitrogens with one attached hydrogen (secondary N) is 1. The van der Waals surface area contributed by atoms with E-state index in [2.05, 4.69) is 20.4 Å². The van der Waals surface area contributed by atoms with Crippen molar-refractivity contribution in [2.75, 3.05) is 25.6 Å². The van der Waals surface area contributed by atoms with Crippen molar-refractivity contribution in [1.82, 2.24) is 9.97 Å². The van der Waals surface area contributed by atoms with Gasteiger partial charge in [-0.15, -0.1) is 0 Å². The standard InChI is InChI=1S/C24H26N4O7S2/c1-24(2)33-12-15(35-24)13-34-28-20(14-4-6-16(7-5-14)37(30,31)17-8-9-17)21(29)27-23-25-18-10-11-19(32-3)26-22(18)36-23/h4-7,10-11,15,17H,8-9,12-13H2,1-3H3,(H,25,27,29)/b28-20+/t15-/m0/s1. The Labute approximate surface area is 217 Å². The summed E-state index contributed by atoms with van der Waals surface area (Å²) in [5, 5.41) is 6.80. The molecule has 1 amide bonds. The molecule has 5 rings (SSSR count). The van der Waals surface area contributed by atoms with Crippen molar-refractivity contribution in [2.24, 2.45) is 5.16 Å². The molecule has 1 aromatic carbocycles. The molecule has 1 atom stereocenters. The fourth-order valence-electron chi connectivity index (χ4n) is 3.75. The average molecular weight is 547 g/mol. The highest BCUT2D eigenvalue weighted by atomic mass is 32.2. The number of carbonyl (C=O) groups is 1. The predicted octanol–water partition coefficient (Wildman–Crippen LogP) is 3.15. The van der Waals surface area contributed by atoms with Gasteiger partial charge in [0.2, 0.25) is 5.88 Å². The molecule has 1 saturated heterocycles. The Morgan fingerprint density at radius 3 is 2.59 bits per heavy atom. The molecule has 1 saturated carbocycles. The van der Waals surface area contributed by atoms with Gasteiger partial charge in [-0.05, 0) is 44.9 Å². The van der Waals surface area contributed by atoms with Crippen molar-refractivity contribution in [3.8, 4) is 5.88 Å². The van der Waals surface area contributed by atoms with E-state index in [1.807, 2.05) is 0 Å². The Hall–Kier alpha value is -3.13. The minimum absolute atomic E-state index is 0.0432. The van der Waals surface area contributed by atoms with Gasteiger partial charge >= 0.3 is 0 Å². The molecule has 1 N–H and O–H groups in total. The van der Waals surface area contributed by atoms with Crippen molar-refractivity contribution in [1.29, 1.82) is 0 Å². The van der Waals surface area contributed by atoms with Gasteiger partial charge in [-0.1, -0.05) is 28.6 Å². The summed E-state index contributed by atoms with van der Waals surface area (Å²) in [6.45, 7) is 4.00. The number of carbonyl (C=O) groups excluding carboxylic acids is 1. The Morgan fingerprint density at radius 2 is 1.95 bits per heavy atom. The average Bonchev–Trinajstić information content (AvgIpc) is 3.58. The van der Waals surface area contributed by atoms with Crippen LogP contribution in [0.5, 0.6) is 5.88 Å². The van der Waals surface area contributed by atoms with Crippen LogP contribution >= 0.6 is 11.3 Å². The number of aromatic nitrogens is 2. The lowest BCUT2D eigenvalue weighted by Gasteiger charge is -2.16. The Morgan fingerprint density at radius 1 is 1.19 bits per heavy atom. The molecule has 13 heteroatoms. The Bertz CT molecular complexity index is 1450. The zero-order valence-electron chi connectivity index (χ0n) is 20.5. The summed E-state index contributed by atoms with van der Waals surface area (Å²) in [6, 6.07) is 9.48. The topological polar surface area (TPSA) is 138 Å². The summed E-state index contributed by atoms with van der Waals surface area (Å²) >= 11 is 1.18. The molecule has 196 valence electrons. The number of hydrogen-bond acceptors (Lipinski definition) is 11. The highest BCUT2D eigenvalue weighted by Crippen LogP contribution is 2.33. The lowest BCUT2D eigenvalue weighted by molar-refractivity contribution is -0.145. The van der Waals surface area contributed by atoms with Crippen LogP contribution in [-0.4, -0.2) is 67.5 Å². The lowest BCUT2D eigenvalue weighted by atomic mass is 10.1. The van der Waals surface area contributed by atoms with Crippen molar-refractivity contribution in [2.45, 2.75) is 48.7 Å².